The number of aromatic nitrogens is 2. The summed E-state index contributed by atoms with van der Waals surface area (Å²) in [4.78, 5) is 9.27. The maximum Gasteiger partial charge on any atom is 0.109 e. The second kappa shape index (κ2) is 3.90. The van der Waals surface area contributed by atoms with Crippen molar-refractivity contribution >= 4 is 44.4 Å². The molecule has 0 bridgehead atoms. The van der Waals surface area contributed by atoms with Crippen LogP contribution in [0.25, 0.3) is 32.8 Å². The van der Waals surface area contributed by atoms with Gasteiger partial charge < -0.3 is 0 Å². The minimum absolute atomic E-state index is 0.673. The molecule has 0 aliphatic carbocycles. The zero-order valence-corrected chi connectivity index (χ0v) is 10.7. The Kier molecular flexibility index (Phi) is 2.20. The molecule has 0 radical (unpaired) electrons. The number of para-hydroxylation sites is 2. The van der Waals surface area contributed by atoms with Crippen LogP contribution in [0.15, 0.2) is 54.6 Å². The molecule has 0 N–H and O–H groups in total. The van der Waals surface area contributed by atoms with Crippen LogP contribution in [0.5, 0.6) is 0 Å². The lowest BCUT2D eigenvalue weighted by Crippen LogP contribution is -1.89. The second-order valence-electron chi connectivity index (χ2n) is 4.49. The van der Waals surface area contributed by atoms with Gasteiger partial charge in [-0.2, -0.15) is 0 Å². The minimum Gasteiger partial charge on any atom is -0.244 e. The Hall–Kier alpha value is -2.19. The first-order valence-corrected chi connectivity index (χ1v) is 6.44. The van der Waals surface area contributed by atoms with Crippen molar-refractivity contribution in [2.24, 2.45) is 0 Å². The fraction of sp³-hybridized carbons (Fsp3) is 0. The highest BCUT2D eigenvalue weighted by Gasteiger charge is 2.08. The van der Waals surface area contributed by atoms with E-state index in [9.17, 15) is 0 Å². The normalized spacial score (nSPS) is 11.4. The summed E-state index contributed by atoms with van der Waals surface area (Å²) in [6, 6.07) is 17.9. The van der Waals surface area contributed by atoms with Crippen molar-refractivity contribution in [3.63, 3.8) is 0 Å². The Labute approximate surface area is 114 Å². The molecule has 0 atom stereocenters. The van der Waals surface area contributed by atoms with Gasteiger partial charge in [0.25, 0.3) is 0 Å². The van der Waals surface area contributed by atoms with Crippen molar-refractivity contribution < 1.29 is 0 Å². The van der Waals surface area contributed by atoms with Crippen LogP contribution >= 0.6 is 11.6 Å². The topological polar surface area (TPSA) is 25.8 Å². The van der Waals surface area contributed by atoms with Gasteiger partial charge in [0, 0.05) is 5.39 Å². The molecule has 2 nitrogen and oxygen atoms in total. The molecule has 0 fully saturated rings. The van der Waals surface area contributed by atoms with Gasteiger partial charge in [0.1, 0.15) is 5.52 Å². The lowest BCUT2D eigenvalue weighted by Gasteiger charge is -2.06. The van der Waals surface area contributed by atoms with Gasteiger partial charge in [0.2, 0.25) is 0 Å². The Balaban J connectivity index is 2.25. The van der Waals surface area contributed by atoms with Crippen LogP contribution in [0.1, 0.15) is 0 Å². The van der Waals surface area contributed by atoms with Gasteiger partial charge in [-0.1, -0.05) is 48.0 Å². The van der Waals surface area contributed by atoms with Gasteiger partial charge in [0.05, 0.1) is 21.6 Å². The summed E-state index contributed by atoms with van der Waals surface area (Å²) in [7, 11) is 0. The van der Waals surface area contributed by atoms with E-state index >= 15 is 0 Å². The largest absolute Gasteiger partial charge is 0.244 e. The van der Waals surface area contributed by atoms with E-state index in [1.807, 2.05) is 54.6 Å². The van der Waals surface area contributed by atoms with Gasteiger partial charge in [-0.3, -0.25) is 0 Å². The SMILES string of the molecule is Clc1c2ccccc2cc2nc3ccccc3nc12. The second-order valence-corrected chi connectivity index (χ2v) is 4.87. The average molecular weight is 265 g/mol. The third-order valence-electron chi connectivity index (χ3n) is 3.29. The molecule has 4 aromatic rings. The van der Waals surface area contributed by atoms with E-state index < -0.39 is 0 Å². The van der Waals surface area contributed by atoms with Crippen LogP contribution in [-0.2, 0) is 0 Å². The van der Waals surface area contributed by atoms with Crippen molar-refractivity contribution in [1.29, 1.82) is 0 Å². The monoisotopic (exact) mass is 264 g/mol. The molecule has 0 spiro atoms. The van der Waals surface area contributed by atoms with E-state index in [0.717, 1.165) is 32.8 Å². The lowest BCUT2D eigenvalue weighted by molar-refractivity contribution is 1.40. The number of halogens is 1. The Morgan fingerprint density at radius 1 is 0.737 bits per heavy atom. The molecule has 90 valence electrons. The molecule has 3 aromatic carbocycles. The fourth-order valence-electron chi connectivity index (χ4n) is 2.37. The van der Waals surface area contributed by atoms with Crippen molar-refractivity contribution in [2.75, 3.05) is 0 Å². The number of fused-ring (bicyclic) bond motifs is 3. The first-order valence-electron chi connectivity index (χ1n) is 6.07. The predicted molar refractivity (Wildman–Crippen MR) is 79.6 cm³/mol. The van der Waals surface area contributed by atoms with Gasteiger partial charge in [-0.25, -0.2) is 9.97 Å². The van der Waals surface area contributed by atoms with Crippen molar-refractivity contribution in [3.8, 4) is 0 Å². The van der Waals surface area contributed by atoms with Crippen LogP contribution in [0.4, 0.5) is 0 Å². The third-order valence-corrected chi connectivity index (χ3v) is 3.68. The molecule has 0 saturated carbocycles. The number of benzene rings is 3. The van der Waals surface area contributed by atoms with E-state index in [1.165, 1.54) is 0 Å². The molecule has 0 unspecified atom stereocenters. The van der Waals surface area contributed by atoms with E-state index in [1.54, 1.807) is 0 Å². The molecular weight excluding hydrogens is 256 g/mol. The zero-order chi connectivity index (χ0) is 12.8. The average Bonchev–Trinajstić information content (AvgIpc) is 2.46. The summed E-state index contributed by atoms with van der Waals surface area (Å²) < 4.78 is 0. The molecule has 0 saturated heterocycles. The van der Waals surface area contributed by atoms with Crippen molar-refractivity contribution in [1.82, 2.24) is 9.97 Å². The molecule has 0 amide bonds. The standard InChI is InChI=1S/C16H9ClN2/c17-15-11-6-2-1-5-10(11)9-14-16(15)19-13-8-4-3-7-12(13)18-14/h1-9H. The van der Waals surface area contributed by atoms with Crippen molar-refractivity contribution in [2.45, 2.75) is 0 Å². The first-order chi connectivity index (χ1) is 9.33. The molecule has 1 heterocycles. The number of hydrogen-bond donors (Lipinski definition) is 0. The maximum atomic E-state index is 6.47. The number of nitrogens with zero attached hydrogens (tertiary/aromatic N) is 2. The van der Waals surface area contributed by atoms with E-state index in [0.29, 0.717) is 5.02 Å². The van der Waals surface area contributed by atoms with Crippen molar-refractivity contribution in [3.05, 3.63) is 59.6 Å². The molecule has 1 aromatic heterocycles. The van der Waals surface area contributed by atoms with Crippen LogP contribution < -0.4 is 0 Å². The first kappa shape index (κ1) is 10.7. The van der Waals surface area contributed by atoms with Crippen LogP contribution in [0.3, 0.4) is 0 Å². The summed E-state index contributed by atoms with van der Waals surface area (Å²) in [5.74, 6) is 0. The van der Waals surface area contributed by atoms with Gasteiger partial charge >= 0.3 is 0 Å². The molecule has 0 aliphatic rings. The summed E-state index contributed by atoms with van der Waals surface area (Å²) in [6.45, 7) is 0. The Morgan fingerprint density at radius 2 is 1.42 bits per heavy atom. The summed E-state index contributed by atoms with van der Waals surface area (Å²) >= 11 is 6.47. The van der Waals surface area contributed by atoms with E-state index in [4.69, 9.17) is 11.6 Å². The highest BCUT2D eigenvalue weighted by molar-refractivity contribution is 6.40. The van der Waals surface area contributed by atoms with Crippen LogP contribution in [0.2, 0.25) is 5.02 Å². The maximum absolute atomic E-state index is 6.47. The summed E-state index contributed by atoms with van der Waals surface area (Å²) in [6.07, 6.45) is 0. The smallest absolute Gasteiger partial charge is 0.109 e. The number of rotatable bonds is 0. The van der Waals surface area contributed by atoms with Gasteiger partial charge in [-0.15, -0.1) is 0 Å². The van der Waals surface area contributed by atoms with E-state index in [2.05, 4.69) is 9.97 Å². The van der Waals surface area contributed by atoms with Gasteiger partial charge in [0.15, 0.2) is 0 Å². The Morgan fingerprint density at radius 3 is 2.26 bits per heavy atom. The molecular formula is C16H9ClN2. The summed E-state index contributed by atoms with van der Waals surface area (Å²) in [5, 5.41) is 2.78. The van der Waals surface area contributed by atoms with Crippen LogP contribution in [0, 0.1) is 0 Å². The van der Waals surface area contributed by atoms with Gasteiger partial charge in [-0.05, 0) is 23.6 Å². The molecule has 4 rings (SSSR count). The number of hydrogen-bond acceptors (Lipinski definition) is 2. The quantitative estimate of drug-likeness (QED) is 0.434. The lowest BCUT2D eigenvalue weighted by atomic mass is 10.1. The third kappa shape index (κ3) is 1.57. The molecule has 3 heteroatoms. The molecule has 19 heavy (non-hydrogen) atoms. The molecule has 0 aliphatic heterocycles. The highest BCUT2D eigenvalue weighted by atomic mass is 35.5. The predicted octanol–water partition coefficient (Wildman–Crippen LogP) is 4.59. The minimum atomic E-state index is 0.673. The highest BCUT2D eigenvalue weighted by Crippen LogP contribution is 2.31. The zero-order valence-electron chi connectivity index (χ0n) is 9.97. The van der Waals surface area contributed by atoms with Crippen LogP contribution in [-0.4, -0.2) is 9.97 Å². The van der Waals surface area contributed by atoms with E-state index in [-0.39, 0.29) is 0 Å². The Bertz CT molecular complexity index is 926. The fourth-order valence-corrected chi connectivity index (χ4v) is 2.68. The summed E-state index contributed by atoms with van der Waals surface area (Å²) in [5.41, 5.74) is 3.36.